The number of thiophene rings is 1. The molecule has 222 valence electrons. The van der Waals surface area contributed by atoms with E-state index in [0.717, 1.165) is 11.3 Å². The molecule has 2 aromatic carbocycles. The summed E-state index contributed by atoms with van der Waals surface area (Å²) in [5, 5.41) is 11.9. The Balaban J connectivity index is 1.68. The maximum absolute atomic E-state index is 13.4. The number of nitrogens with zero attached hydrogens (tertiary/aromatic N) is 2. The number of hydrogen-bond donors (Lipinski definition) is 2. The van der Waals surface area contributed by atoms with Crippen molar-refractivity contribution in [3.8, 4) is 5.75 Å². The summed E-state index contributed by atoms with van der Waals surface area (Å²) in [7, 11) is -6.25. The van der Waals surface area contributed by atoms with Gasteiger partial charge in [-0.15, -0.1) is 11.3 Å². The number of benzene rings is 2. The first-order valence-electron chi connectivity index (χ1n) is 12.8. The highest BCUT2D eigenvalue weighted by atomic mass is 35.5. The Morgan fingerprint density at radius 3 is 2.51 bits per heavy atom. The highest BCUT2D eigenvalue weighted by Crippen LogP contribution is 2.31. The summed E-state index contributed by atoms with van der Waals surface area (Å²) in [5.74, 6) is -0.270. The van der Waals surface area contributed by atoms with Crippen LogP contribution in [-0.2, 0) is 31.3 Å². The maximum atomic E-state index is 13.4. The maximum Gasteiger partial charge on any atom is 0.271 e. The van der Waals surface area contributed by atoms with Gasteiger partial charge in [0.2, 0.25) is 15.9 Å². The van der Waals surface area contributed by atoms with Gasteiger partial charge < -0.3 is 14.7 Å². The number of ether oxygens (including phenoxy) is 1. The van der Waals surface area contributed by atoms with Gasteiger partial charge in [-0.05, 0) is 60.8 Å². The monoisotopic (exact) mass is 641 g/mol. The summed E-state index contributed by atoms with van der Waals surface area (Å²) in [4.78, 5) is 15.0. The third kappa shape index (κ3) is 7.22. The number of amides is 1. The Bertz CT molecular complexity index is 1580. The molecule has 14 heteroatoms. The molecular formula is C27H32ClN3O7S3. The second kappa shape index (κ2) is 12.7. The lowest BCUT2D eigenvalue weighted by Crippen LogP contribution is -2.48. The van der Waals surface area contributed by atoms with Crippen molar-refractivity contribution in [1.29, 1.82) is 0 Å². The molecule has 10 nitrogen and oxygen atoms in total. The van der Waals surface area contributed by atoms with Gasteiger partial charge in [-0.25, -0.2) is 16.8 Å². The lowest BCUT2D eigenvalue weighted by Gasteiger charge is -2.33. The number of aliphatic hydroxyl groups excluding tert-OH is 1. The molecule has 0 unspecified atom stereocenters. The van der Waals surface area contributed by atoms with Crippen molar-refractivity contribution in [3.05, 3.63) is 70.6 Å². The molecule has 1 amide bonds. The summed E-state index contributed by atoms with van der Waals surface area (Å²) in [6.07, 6.45) is -0.791. The topological polar surface area (TPSA) is 133 Å². The molecule has 4 rings (SSSR count). The molecule has 41 heavy (non-hydrogen) atoms. The van der Waals surface area contributed by atoms with Crippen LogP contribution in [0.25, 0.3) is 0 Å². The number of fused-ring (bicyclic) bond motifs is 1. The summed E-state index contributed by atoms with van der Waals surface area (Å²) >= 11 is 7.01. The molecule has 3 atom stereocenters. The normalized spacial score (nSPS) is 19.1. The van der Waals surface area contributed by atoms with Crippen LogP contribution in [-0.4, -0.2) is 75.9 Å². The molecule has 3 aromatic rings. The van der Waals surface area contributed by atoms with Crippen molar-refractivity contribution in [2.75, 3.05) is 31.5 Å². The Hall–Kier alpha value is -2.68. The van der Waals surface area contributed by atoms with Crippen LogP contribution in [0.4, 0.5) is 5.69 Å². The van der Waals surface area contributed by atoms with Crippen molar-refractivity contribution in [1.82, 2.24) is 9.21 Å². The zero-order chi connectivity index (χ0) is 29.9. The van der Waals surface area contributed by atoms with Crippen LogP contribution in [0.5, 0.6) is 5.75 Å². The third-order valence-electron chi connectivity index (χ3n) is 6.89. The van der Waals surface area contributed by atoms with Crippen LogP contribution in [0, 0.1) is 5.92 Å². The molecule has 0 spiro atoms. The zero-order valence-corrected chi connectivity index (χ0v) is 25.9. The zero-order valence-electron chi connectivity index (χ0n) is 22.7. The lowest BCUT2D eigenvalue weighted by molar-refractivity contribution is -0.134. The quantitative estimate of drug-likeness (QED) is 0.364. The Morgan fingerprint density at radius 1 is 1.17 bits per heavy atom. The first-order valence-corrected chi connectivity index (χ1v) is 17.0. The summed E-state index contributed by atoms with van der Waals surface area (Å²) in [5.41, 5.74) is 0.681. The third-order valence-corrected chi connectivity index (χ3v) is 11.8. The minimum absolute atomic E-state index is 0.0339. The number of sulfonamides is 2. The summed E-state index contributed by atoms with van der Waals surface area (Å²) in [6.45, 7) is 3.50. The van der Waals surface area contributed by atoms with Gasteiger partial charge in [-0.2, -0.15) is 4.31 Å². The second-order valence-electron chi connectivity index (χ2n) is 9.99. The summed E-state index contributed by atoms with van der Waals surface area (Å²) < 4.78 is 62.5. The number of hydrogen-bond acceptors (Lipinski definition) is 8. The number of carbonyl (C=O) groups is 1. The number of nitrogens with one attached hydrogen (secondary N) is 1. The predicted octanol–water partition coefficient (Wildman–Crippen LogP) is 3.67. The molecule has 0 radical (unpaired) electrons. The predicted molar refractivity (Wildman–Crippen MR) is 158 cm³/mol. The fraction of sp³-hybridized carbons (Fsp3) is 0.370. The molecule has 0 saturated carbocycles. The Kier molecular flexibility index (Phi) is 9.66. The van der Waals surface area contributed by atoms with Crippen LogP contribution in [0.15, 0.2) is 69.1 Å². The molecule has 0 fully saturated rings. The van der Waals surface area contributed by atoms with Crippen molar-refractivity contribution in [3.63, 3.8) is 0 Å². The van der Waals surface area contributed by atoms with E-state index >= 15 is 0 Å². The highest BCUT2D eigenvalue weighted by Gasteiger charge is 2.33. The molecule has 1 aliphatic heterocycles. The van der Waals surface area contributed by atoms with Gasteiger partial charge >= 0.3 is 0 Å². The van der Waals surface area contributed by atoms with Crippen molar-refractivity contribution < 1.29 is 31.5 Å². The SMILES string of the molecule is C[C@@H]1CN([C@H](C)CO)C(=O)Cc2cc(NS(=O)(=O)c3cccs3)ccc2O[C@@H]1CN(C)S(=O)(=O)c1ccc(Cl)cc1. The van der Waals surface area contributed by atoms with Gasteiger partial charge in [0, 0.05) is 35.8 Å². The lowest BCUT2D eigenvalue weighted by atomic mass is 10.0. The Morgan fingerprint density at radius 2 is 1.88 bits per heavy atom. The van der Waals surface area contributed by atoms with E-state index in [1.54, 1.807) is 35.4 Å². The van der Waals surface area contributed by atoms with Gasteiger partial charge in [-0.1, -0.05) is 24.6 Å². The number of carbonyl (C=O) groups excluding carboxylic acids is 1. The minimum Gasteiger partial charge on any atom is -0.488 e. The van der Waals surface area contributed by atoms with E-state index in [2.05, 4.69) is 4.72 Å². The van der Waals surface area contributed by atoms with E-state index in [9.17, 15) is 26.7 Å². The standard InChI is InChI=1S/C27H32ClN3O7S3/c1-18-15-31(19(2)17-32)26(33)14-20-13-22(29-40(34,35)27-5-4-12-39-27)8-11-24(20)38-25(18)16-30(3)41(36,37)23-9-6-21(28)7-10-23/h4-13,18-19,25,29,32H,14-17H2,1-3H3/t18-,19-,25-/m1/s1. The largest absolute Gasteiger partial charge is 0.488 e. The molecular weight excluding hydrogens is 610 g/mol. The smallest absolute Gasteiger partial charge is 0.271 e. The first-order chi connectivity index (χ1) is 19.3. The van der Waals surface area contributed by atoms with E-state index in [4.69, 9.17) is 16.3 Å². The molecule has 0 bridgehead atoms. The van der Waals surface area contributed by atoms with Gasteiger partial charge in [0.1, 0.15) is 16.1 Å². The van der Waals surface area contributed by atoms with E-state index in [1.165, 1.54) is 47.8 Å². The van der Waals surface area contributed by atoms with Gasteiger partial charge in [0.25, 0.3) is 10.0 Å². The van der Waals surface area contributed by atoms with E-state index in [0.29, 0.717) is 16.3 Å². The molecule has 1 aromatic heterocycles. The van der Waals surface area contributed by atoms with Crippen LogP contribution in [0.3, 0.4) is 0 Å². The average Bonchev–Trinajstić information content (AvgIpc) is 3.49. The van der Waals surface area contributed by atoms with E-state index < -0.39 is 32.2 Å². The van der Waals surface area contributed by atoms with Gasteiger partial charge in [-0.3, -0.25) is 9.52 Å². The van der Waals surface area contributed by atoms with Crippen LogP contribution < -0.4 is 9.46 Å². The number of rotatable bonds is 9. The molecule has 1 aliphatic rings. The average molecular weight is 642 g/mol. The Labute approximate surface area is 249 Å². The minimum atomic E-state index is -3.88. The van der Waals surface area contributed by atoms with Crippen LogP contribution >= 0.6 is 22.9 Å². The number of halogens is 1. The first kappa shape index (κ1) is 31.3. The molecule has 2 N–H and O–H groups in total. The van der Waals surface area contributed by atoms with Crippen molar-refractivity contribution >= 4 is 54.6 Å². The van der Waals surface area contributed by atoms with E-state index in [-0.39, 0.29) is 52.7 Å². The number of anilines is 1. The number of likely N-dealkylation sites (N-methyl/N-ethyl adjacent to an activating group) is 1. The molecule has 0 aliphatic carbocycles. The fourth-order valence-electron chi connectivity index (χ4n) is 4.47. The second-order valence-corrected chi connectivity index (χ2v) is 15.3. The molecule has 2 heterocycles. The van der Waals surface area contributed by atoms with Crippen LogP contribution in [0.1, 0.15) is 19.4 Å². The fourth-order valence-corrected chi connectivity index (χ4v) is 7.82. The van der Waals surface area contributed by atoms with Crippen molar-refractivity contribution in [2.24, 2.45) is 5.92 Å². The number of aliphatic hydroxyl groups is 1. The van der Waals surface area contributed by atoms with Crippen molar-refractivity contribution in [2.45, 2.75) is 41.5 Å². The van der Waals surface area contributed by atoms with Gasteiger partial charge in [0.05, 0.1) is 30.5 Å². The molecule has 0 saturated heterocycles. The van der Waals surface area contributed by atoms with Gasteiger partial charge in [0.15, 0.2) is 0 Å². The summed E-state index contributed by atoms with van der Waals surface area (Å²) in [6, 6.07) is 13.2. The highest BCUT2D eigenvalue weighted by molar-refractivity contribution is 7.94. The van der Waals surface area contributed by atoms with Crippen LogP contribution in [0.2, 0.25) is 5.02 Å². The van der Waals surface area contributed by atoms with E-state index in [1.807, 2.05) is 6.92 Å².